The molecule has 16 heavy (non-hydrogen) atoms. The number of hydrogen-bond donors (Lipinski definition) is 1. The summed E-state index contributed by atoms with van der Waals surface area (Å²) in [6.45, 7) is 3.73. The number of nitrogens with one attached hydrogen (secondary N) is 1. The zero-order valence-electron chi connectivity index (χ0n) is 9.56. The Morgan fingerprint density at radius 1 is 1.44 bits per heavy atom. The van der Waals surface area contributed by atoms with Crippen molar-refractivity contribution in [3.05, 3.63) is 12.2 Å². The van der Waals surface area contributed by atoms with Crippen LogP contribution >= 0.6 is 0 Å². The SMILES string of the molecule is CCCOC(=O)O[C@H]1C=C[C@@H](NC(C)=O)C1. The third kappa shape index (κ3) is 4.33. The maximum Gasteiger partial charge on any atom is 0.508 e. The highest BCUT2D eigenvalue weighted by Crippen LogP contribution is 2.14. The van der Waals surface area contributed by atoms with Gasteiger partial charge in [0.2, 0.25) is 5.91 Å². The Hall–Kier alpha value is -1.52. The molecule has 0 unspecified atom stereocenters. The molecule has 90 valence electrons. The lowest BCUT2D eigenvalue weighted by Gasteiger charge is -2.13. The number of carbonyl (C=O) groups is 2. The van der Waals surface area contributed by atoms with Gasteiger partial charge in [0.05, 0.1) is 12.6 Å². The van der Waals surface area contributed by atoms with Crippen LogP contribution in [0.3, 0.4) is 0 Å². The van der Waals surface area contributed by atoms with Crippen LogP contribution in [0.1, 0.15) is 26.7 Å². The van der Waals surface area contributed by atoms with E-state index in [0.29, 0.717) is 13.0 Å². The molecular weight excluding hydrogens is 210 g/mol. The first-order valence-corrected chi connectivity index (χ1v) is 5.40. The van der Waals surface area contributed by atoms with Crippen molar-refractivity contribution >= 4 is 12.1 Å². The summed E-state index contributed by atoms with van der Waals surface area (Å²) >= 11 is 0. The van der Waals surface area contributed by atoms with Crippen LogP contribution in [0.25, 0.3) is 0 Å². The van der Waals surface area contributed by atoms with Crippen molar-refractivity contribution in [2.24, 2.45) is 0 Å². The topological polar surface area (TPSA) is 64.6 Å². The first-order chi connectivity index (χ1) is 7.61. The molecule has 1 N–H and O–H groups in total. The molecule has 0 bridgehead atoms. The third-order valence-corrected chi connectivity index (χ3v) is 2.10. The van der Waals surface area contributed by atoms with Gasteiger partial charge in [-0.1, -0.05) is 13.0 Å². The van der Waals surface area contributed by atoms with Crippen molar-refractivity contribution in [1.29, 1.82) is 0 Å². The van der Waals surface area contributed by atoms with Crippen molar-refractivity contribution in [2.45, 2.75) is 38.8 Å². The fourth-order valence-electron chi connectivity index (χ4n) is 1.46. The largest absolute Gasteiger partial charge is 0.508 e. The molecule has 1 aliphatic carbocycles. The van der Waals surface area contributed by atoms with Gasteiger partial charge in [0.25, 0.3) is 0 Å². The fourth-order valence-corrected chi connectivity index (χ4v) is 1.46. The van der Waals surface area contributed by atoms with E-state index in [1.54, 1.807) is 6.08 Å². The predicted octanol–water partition coefficient (Wildman–Crippen LogP) is 1.38. The second-order valence-electron chi connectivity index (χ2n) is 3.68. The summed E-state index contributed by atoms with van der Waals surface area (Å²) < 4.78 is 9.81. The Bertz CT molecular complexity index is 288. The molecule has 0 fully saturated rings. The maximum absolute atomic E-state index is 11.1. The van der Waals surface area contributed by atoms with Gasteiger partial charge in [-0.15, -0.1) is 0 Å². The molecule has 5 heteroatoms. The maximum atomic E-state index is 11.1. The smallest absolute Gasteiger partial charge is 0.434 e. The first kappa shape index (κ1) is 12.5. The van der Waals surface area contributed by atoms with Gasteiger partial charge in [0.1, 0.15) is 6.10 Å². The Balaban J connectivity index is 2.24. The molecule has 0 saturated carbocycles. The van der Waals surface area contributed by atoms with Gasteiger partial charge in [0, 0.05) is 13.3 Å². The molecular formula is C11H17NO4. The van der Waals surface area contributed by atoms with E-state index < -0.39 is 6.16 Å². The zero-order valence-corrected chi connectivity index (χ0v) is 9.56. The molecule has 0 aromatic rings. The average molecular weight is 227 g/mol. The lowest BCUT2D eigenvalue weighted by Crippen LogP contribution is -2.31. The van der Waals surface area contributed by atoms with Crippen molar-refractivity contribution in [2.75, 3.05) is 6.61 Å². The van der Waals surface area contributed by atoms with Crippen molar-refractivity contribution in [1.82, 2.24) is 5.32 Å². The van der Waals surface area contributed by atoms with E-state index >= 15 is 0 Å². The summed E-state index contributed by atoms with van der Waals surface area (Å²) in [6, 6.07) is -0.0542. The Morgan fingerprint density at radius 3 is 2.81 bits per heavy atom. The van der Waals surface area contributed by atoms with Gasteiger partial charge in [-0.05, 0) is 12.5 Å². The minimum absolute atomic E-state index is 0.0542. The fraction of sp³-hybridized carbons (Fsp3) is 0.636. The molecule has 2 atom stereocenters. The van der Waals surface area contributed by atoms with E-state index in [9.17, 15) is 9.59 Å². The highest BCUT2D eigenvalue weighted by atomic mass is 16.7. The lowest BCUT2D eigenvalue weighted by atomic mass is 10.2. The van der Waals surface area contributed by atoms with Gasteiger partial charge in [-0.3, -0.25) is 4.79 Å². The van der Waals surface area contributed by atoms with Crippen LogP contribution in [0, 0.1) is 0 Å². The first-order valence-electron chi connectivity index (χ1n) is 5.40. The molecule has 1 amide bonds. The number of carbonyl (C=O) groups excluding carboxylic acids is 2. The molecule has 0 heterocycles. The van der Waals surface area contributed by atoms with Crippen LogP contribution in [-0.2, 0) is 14.3 Å². The molecule has 0 radical (unpaired) electrons. The highest BCUT2D eigenvalue weighted by molar-refractivity contribution is 5.73. The van der Waals surface area contributed by atoms with Gasteiger partial charge in [0.15, 0.2) is 0 Å². The van der Waals surface area contributed by atoms with Gasteiger partial charge in [-0.25, -0.2) is 4.79 Å². The van der Waals surface area contributed by atoms with Crippen LogP contribution in [0.5, 0.6) is 0 Å². The summed E-state index contributed by atoms with van der Waals surface area (Å²) in [4.78, 5) is 21.9. The van der Waals surface area contributed by atoms with E-state index in [1.807, 2.05) is 13.0 Å². The lowest BCUT2D eigenvalue weighted by molar-refractivity contribution is -0.119. The van der Waals surface area contributed by atoms with Crippen LogP contribution in [-0.4, -0.2) is 30.8 Å². The van der Waals surface area contributed by atoms with Crippen LogP contribution in [0.15, 0.2) is 12.2 Å². The predicted molar refractivity (Wildman–Crippen MR) is 57.9 cm³/mol. The summed E-state index contributed by atoms with van der Waals surface area (Å²) in [6.07, 6.45) is 3.96. The van der Waals surface area contributed by atoms with E-state index in [1.165, 1.54) is 6.92 Å². The van der Waals surface area contributed by atoms with E-state index in [4.69, 9.17) is 9.47 Å². The standard InChI is InChI=1S/C11H17NO4/c1-3-6-15-11(14)16-10-5-4-9(7-10)12-8(2)13/h4-5,9-10H,3,6-7H2,1-2H3,(H,12,13)/t9-,10+/m1/s1. The molecule has 0 aliphatic heterocycles. The highest BCUT2D eigenvalue weighted by Gasteiger charge is 2.22. The molecule has 5 nitrogen and oxygen atoms in total. The van der Waals surface area contributed by atoms with E-state index in [0.717, 1.165) is 6.42 Å². The van der Waals surface area contributed by atoms with Crippen LogP contribution < -0.4 is 5.32 Å². The minimum Gasteiger partial charge on any atom is -0.434 e. The second-order valence-corrected chi connectivity index (χ2v) is 3.68. The summed E-state index contributed by atoms with van der Waals surface area (Å²) in [5.41, 5.74) is 0. The van der Waals surface area contributed by atoms with Crippen molar-refractivity contribution in [3.8, 4) is 0 Å². The number of rotatable bonds is 4. The van der Waals surface area contributed by atoms with E-state index in [2.05, 4.69) is 5.32 Å². The van der Waals surface area contributed by atoms with Crippen LogP contribution in [0.2, 0.25) is 0 Å². The van der Waals surface area contributed by atoms with Crippen molar-refractivity contribution < 1.29 is 19.1 Å². The van der Waals surface area contributed by atoms with Gasteiger partial charge in [-0.2, -0.15) is 0 Å². The van der Waals surface area contributed by atoms with Gasteiger partial charge >= 0.3 is 6.16 Å². The second kappa shape index (κ2) is 6.15. The summed E-state index contributed by atoms with van der Waals surface area (Å²) in [7, 11) is 0. The molecule has 1 aliphatic rings. The molecule has 0 aromatic carbocycles. The normalized spacial score (nSPS) is 22.9. The third-order valence-electron chi connectivity index (χ3n) is 2.10. The number of ether oxygens (including phenoxy) is 2. The van der Waals surface area contributed by atoms with Gasteiger partial charge < -0.3 is 14.8 Å². The van der Waals surface area contributed by atoms with Crippen LogP contribution in [0.4, 0.5) is 4.79 Å². The number of amides is 1. The molecule has 0 spiro atoms. The molecule has 0 saturated heterocycles. The Labute approximate surface area is 94.8 Å². The summed E-state index contributed by atoms with van der Waals surface area (Å²) in [5.74, 6) is -0.0936. The quantitative estimate of drug-likeness (QED) is 0.582. The Morgan fingerprint density at radius 2 is 2.19 bits per heavy atom. The van der Waals surface area contributed by atoms with E-state index in [-0.39, 0.29) is 18.1 Å². The molecule has 1 rings (SSSR count). The van der Waals surface area contributed by atoms with Crippen molar-refractivity contribution in [3.63, 3.8) is 0 Å². The minimum atomic E-state index is -0.653. The summed E-state index contributed by atoms with van der Waals surface area (Å²) in [5, 5.41) is 2.73. The zero-order chi connectivity index (χ0) is 12.0. The average Bonchev–Trinajstić information content (AvgIpc) is 2.61. The monoisotopic (exact) mass is 227 g/mol. The Kier molecular flexibility index (Phi) is 4.82. The number of hydrogen-bond acceptors (Lipinski definition) is 4. The molecule has 0 aromatic heterocycles.